The van der Waals surface area contributed by atoms with Crippen LogP contribution in [0.15, 0.2) is 30.3 Å². The Morgan fingerprint density at radius 1 is 1.17 bits per heavy atom. The lowest BCUT2D eigenvalue weighted by molar-refractivity contribution is -0.118. The number of carbonyl (C=O) groups excluding carboxylic acids is 2. The van der Waals surface area contributed by atoms with Crippen LogP contribution in [0.2, 0.25) is 0 Å². The van der Waals surface area contributed by atoms with Crippen LogP contribution < -0.4 is 16.0 Å². The van der Waals surface area contributed by atoms with Gasteiger partial charge in [0.15, 0.2) is 9.84 Å². The molecule has 2 rings (SSSR count). The summed E-state index contributed by atoms with van der Waals surface area (Å²) in [5, 5.41) is 8.02. The van der Waals surface area contributed by atoms with Gasteiger partial charge < -0.3 is 16.0 Å². The molecule has 3 amide bonds. The standard InChI is InChI=1S/C16H23N3O4S/c1-11(2)14(15(20)17-12-6-4-3-5-7-12)19-16(21)18-13-8-9-24(22,23)10-13/h3-7,11,13-14H,8-10H2,1-2H3,(H,17,20)(H2,18,19,21)/t13-,14+/m1/s1. The molecule has 0 spiro atoms. The van der Waals surface area contributed by atoms with Crippen molar-refractivity contribution in [2.24, 2.45) is 5.92 Å². The lowest BCUT2D eigenvalue weighted by Gasteiger charge is -2.23. The third-order valence-electron chi connectivity index (χ3n) is 3.84. The van der Waals surface area contributed by atoms with Crippen molar-refractivity contribution in [1.82, 2.24) is 10.6 Å². The van der Waals surface area contributed by atoms with Crippen LogP contribution >= 0.6 is 0 Å². The first-order valence-electron chi connectivity index (χ1n) is 7.90. The molecule has 0 radical (unpaired) electrons. The van der Waals surface area contributed by atoms with Crippen LogP contribution in [0.25, 0.3) is 0 Å². The lowest BCUT2D eigenvalue weighted by Crippen LogP contribution is -2.52. The smallest absolute Gasteiger partial charge is 0.315 e. The van der Waals surface area contributed by atoms with Gasteiger partial charge in [0.05, 0.1) is 11.5 Å². The van der Waals surface area contributed by atoms with Gasteiger partial charge in [0, 0.05) is 11.7 Å². The molecule has 3 N–H and O–H groups in total. The van der Waals surface area contributed by atoms with E-state index in [0.29, 0.717) is 12.1 Å². The van der Waals surface area contributed by atoms with E-state index < -0.39 is 28.0 Å². The van der Waals surface area contributed by atoms with E-state index in [-0.39, 0.29) is 23.3 Å². The van der Waals surface area contributed by atoms with E-state index in [2.05, 4.69) is 16.0 Å². The topological polar surface area (TPSA) is 104 Å². The molecular formula is C16H23N3O4S. The summed E-state index contributed by atoms with van der Waals surface area (Å²) in [5.41, 5.74) is 0.650. The minimum Gasteiger partial charge on any atom is -0.334 e. The van der Waals surface area contributed by atoms with Gasteiger partial charge in [-0.3, -0.25) is 4.79 Å². The molecule has 1 saturated heterocycles. The largest absolute Gasteiger partial charge is 0.334 e. The summed E-state index contributed by atoms with van der Waals surface area (Å²) in [6, 6.07) is 7.33. The van der Waals surface area contributed by atoms with Gasteiger partial charge in [0.2, 0.25) is 5.91 Å². The minimum atomic E-state index is -3.06. The molecular weight excluding hydrogens is 330 g/mol. The van der Waals surface area contributed by atoms with Gasteiger partial charge in [0.25, 0.3) is 0 Å². The second-order valence-electron chi connectivity index (χ2n) is 6.29. The first-order chi connectivity index (χ1) is 11.3. The van der Waals surface area contributed by atoms with Gasteiger partial charge in [-0.05, 0) is 24.5 Å². The predicted octanol–water partition coefficient (Wildman–Crippen LogP) is 1.14. The van der Waals surface area contributed by atoms with Crippen molar-refractivity contribution in [3.05, 3.63) is 30.3 Å². The highest BCUT2D eigenvalue weighted by molar-refractivity contribution is 7.91. The fourth-order valence-corrected chi connectivity index (χ4v) is 4.23. The van der Waals surface area contributed by atoms with Gasteiger partial charge in [-0.2, -0.15) is 0 Å². The molecule has 1 aromatic carbocycles. The summed E-state index contributed by atoms with van der Waals surface area (Å²) in [6.07, 6.45) is 0.401. The Morgan fingerprint density at radius 2 is 1.83 bits per heavy atom. The number of nitrogens with one attached hydrogen (secondary N) is 3. The van der Waals surface area contributed by atoms with E-state index in [4.69, 9.17) is 0 Å². The van der Waals surface area contributed by atoms with Gasteiger partial charge >= 0.3 is 6.03 Å². The number of amides is 3. The Balaban J connectivity index is 1.93. The summed E-state index contributed by atoms with van der Waals surface area (Å²) in [6.45, 7) is 3.66. The molecule has 2 atom stereocenters. The molecule has 24 heavy (non-hydrogen) atoms. The fraction of sp³-hybridized carbons (Fsp3) is 0.500. The van der Waals surface area contributed by atoms with Crippen molar-refractivity contribution >= 4 is 27.5 Å². The second-order valence-corrected chi connectivity index (χ2v) is 8.52. The number of carbonyl (C=O) groups is 2. The molecule has 1 aromatic rings. The summed E-state index contributed by atoms with van der Waals surface area (Å²) in [7, 11) is -3.06. The van der Waals surface area contributed by atoms with Crippen molar-refractivity contribution < 1.29 is 18.0 Å². The molecule has 1 fully saturated rings. The average Bonchev–Trinajstić information content (AvgIpc) is 2.84. The molecule has 0 saturated carbocycles. The van der Waals surface area contributed by atoms with E-state index in [0.717, 1.165) is 0 Å². The average molecular weight is 353 g/mol. The summed E-state index contributed by atoms with van der Waals surface area (Å²) < 4.78 is 22.9. The van der Waals surface area contributed by atoms with Crippen LogP contribution in [-0.4, -0.2) is 43.9 Å². The van der Waals surface area contributed by atoms with Crippen molar-refractivity contribution in [3.8, 4) is 0 Å². The van der Waals surface area contributed by atoms with Crippen molar-refractivity contribution in [2.75, 3.05) is 16.8 Å². The number of urea groups is 1. The Hall–Kier alpha value is -2.09. The fourth-order valence-electron chi connectivity index (χ4n) is 2.55. The summed E-state index contributed by atoms with van der Waals surface area (Å²) >= 11 is 0. The second kappa shape index (κ2) is 7.65. The molecule has 0 bridgehead atoms. The third kappa shape index (κ3) is 5.23. The van der Waals surface area contributed by atoms with E-state index in [1.807, 2.05) is 19.9 Å². The summed E-state index contributed by atoms with van der Waals surface area (Å²) in [4.78, 5) is 24.5. The predicted molar refractivity (Wildman–Crippen MR) is 92.4 cm³/mol. The van der Waals surface area contributed by atoms with Crippen LogP contribution in [0.5, 0.6) is 0 Å². The number of rotatable bonds is 5. The Kier molecular flexibility index (Phi) is 5.82. The highest BCUT2D eigenvalue weighted by Gasteiger charge is 2.30. The zero-order chi connectivity index (χ0) is 17.7. The van der Waals surface area contributed by atoms with Crippen LogP contribution in [-0.2, 0) is 14.6 Å². The molecule has 1 heterocycles. The van der Waals surface area contributed by atoms with Crippen molar-refractivity contribution in [1.29, 1.82) is 0 Å². The van der Waals surface area contributed by atoms with Crippen molar-refractivity contribution in [2.45, 2.75) is 32.4 Å². The Morgan fingerprint density at radius 3 is 2.38 bits per heavy atom. The number of benzene rings is 1. The van der Waals surface area contributed by atoms with Crippen LogP contribution in [0.3, 0.4) is 0 Å². The van der Waals surface area contributed by atoms with E-state index in [1.165, 1.54) is 0 Å². The molecule has 132 valence electrons. The summed E-state index contributed by atoms with van der Waals surface area (Å²) in [5.74, 6) is -0.402. The number of hydrogen-bond acceptors (Lipinski definition) is 4. The molecule has 1 aliphatic heterocycles. The van der Waals surface area contributed by atoms with E-state index in [9.17, 15) is 18.0 Å². The number of sulfone groups is 1. The lowest BCUT2D eigenvalue weighted by atomic mass is 10.0. The zero-order valence-corrected chi connectivity index (χ0v) is 14.6. The monoisotopic (exact) mass is 353 g/mol. The van der Waals surface area contributed by atoms with Crippen molar-refractivity contribution in [3.63, 3.8) is 0 Å². The molecule has 1 aliphatic rings. The highest BCUT2D eigenvalue weighted by Crippen LogP contribution is 2.12. The normalized spacial score (nSPS) is 20.4. The van der Waals surface area contributed by atoms with Gasteiger partial charge in [0.1, 0.15) is 6.04 Å². The highest BCUT2D eigenvalue weighted by atomic mass is 32.2. The first-order valence-corrected chi connectivity index (χ1v) is 9.72. The quantitative estimate of drug-likeness (QED) is 0.738. The van der Waals surface area contributed by atoms with Crippen LogP contribution in [0, 0.1) is 5.92 Å². The molecule has 7 nitrogen and oxygen atoms in total. The van der Waals surface area contributed by atoms with Gasteiger partial charge in [-0.1, -0.05) is 32.0 Å². The minimum absolute atomic E-state index is 0.0526. The SMILES string of the molecule is CC(C)[C@H](NC(=O)N[C@@H]1CCS(=O)(=O)C1)C(=O)Nc1ccccc1. The number of anilines is 1. The van der Waals surface area contributed by atoms with E-state index >= 15 is 0 Å². The van der Waals surface area contributed by atoms with Gasteiger partial charge in [-0.15, -0.1) is 0 Å². The molecule has 0 aromatic heterocycles. The Bertz CT molecular complexity index is 689. The van der Waals surface area contributed by atoms with E-state index in [1.54, 1.807) is 24.3 Å². The van der Waals surface area contributed by atoms with Gasteiger partial charge in [-0.25, -0.2) is 13.2 Å². The molecule has 0 aliphatic carbocycles. The number of hydrogen-bond donors (Lipinski definition) is 3. The maximum atomic E-state index is 12.4. The zero-order valence-electron chi connectivity index (χ0n) is 13.8. The first kappa shape index (κ1) is 18.3. The maximum Gasteiger partial charge on any atom is 0.315 e. The molecule has 0 unspecified atom stereocenters. The number of para-hydroxylation sites is 1. The van der Waals surface area contributed by atoms with Crippen LogP contribution in [0.1, 0.15) is 20.3 Å². The molecule has 8 heteroatoms. The maximum absolute atomic E-state index is 12.4. The third-order valence-corrected chi connectivity index (χ3v) is 5.61. The van der Waals surface area contributed by atoms with Crippen LogP contribution in [0.4, 0.5) is 10.5 Å². The Labute approximate surface area is 142 Å².